The van der Waals surface area contributed by atoms with Crippen molar-refractivity contribution in [1.82, 2.24) is 30.5 Å². The lowest BCUT2D eigenvalue weighted by Gasteiger charge is -2.10. The Labute approximate surface area is 246 Å². The second-order valence-electron chi connectivity index (χ2n) is 8.83. The molecular weight excluding hydrogens is 556 g/mol. The van der Waals surface area contributed by atoms with Gasteiger partial charge in [-0.15, -0.1) is 6.58 Å². The van der Waals surface area contributed by atoms with Crippen molar-refractivity contribution >= 4 is 57.2 Å². The van der Waals surface area contributed by atoms with E-state index in [2.05, 4.69) is 66.6 Å². The van der Waals surface area contributed by atoms with Gasteiger partial charge in [0.05, 0.1) is 11.7 Å². The number of nitrogens with zero attached hydrogens (tertiary/aromatic N) is 3. The van der Waals surface area contributed by atoms with E-state index in [9.17, 15) is 0 Å². The molecule has 2 aromatic carbocycles. The molecule has 0 atom stereocenters. The maximum absolute atomic E-state index is 9.00. The minimum atomic E-state index is -0.833. The Kier molecular flexibility index (Phi) is 12.8. The quantitative estimate of drug-likeness (QED) is 0.0974. The summed E-state index contributed by atoms with van der Waals surface area (Å²) in [5.41, 5.74) is 12.0. The van der Waals surface area contributed by atoms with Gasteiger partial charge in [-0.25, -0.2) is 4.98 Å². The minimum absolute atomic E-state index is 0.227. The highest BCUT2D eigenvalue weighted by Gasteiger charge is 2.12. The Hall–Kier alpha value is -5.76. The monoisotopic (exact) mass is 590 g/mol. The molecular formula is C29H34N8O6. The molecule has 0 radical (unpaired) electrons. The normalized spacial score (nSPS) is 9.84. The van der Waals surface area contributed by atoms with Crippen molar-refractivity contribution in [2.45, 2.75) is 27.3 Å². The molecule has 5 aromatic rings. The third-order valence-electron chi connectivity index (χ3n) is 5.18. The average molecular weight is 591 g/mol. The molecule has 14 heteroatoms. The van der Waals surface area contributed by atoms with Crippen LogP contribution >= 0.6 is 0 Å². The Morgan fingerprint density at radius 2 is 1.70 bits per heavy atom. The molecule has 0 amide bonds. The first kappa shape index (κ1) is 33.4. The molecule has 0 aliphatic carbocycles. The predicted octanol–water partition coefficient (Wildman–Crippen LogP) is 4.38. The van der Waals surface area contributed by atoms with Gasteiger partial charge in [-0.05, 0) is 41.5 Å². The van der Waals surface area contributed by atoms with Crippen molar-refractivity contribution in [2.24, 2.45) is 0 Å². The summed E-state index contributed by atoms with van der Waals surface area (Å²) in [6.45, 7) is 8.55. The number of fused-ring (bicyclic) bond motifs is 2. The Morgan fingerprint density at radius 1 is 1.02 bits per heavy atom. The molecule has 0 bridgehead atoms. The molecule has 14 nitrogen and oxygen atoms in total. The Balaban J connectivity index is 0.000000462. The second kappa shape index (κ2) is 16.5. The van der Waals surface area contributed by atoms with E-state index in [1.807, 2.05) is 24.5 Å². The maximum atomic E-state index is 9.00. The van der Waals surface area contributed by atoms with Crippen LogP contribution in [0.1, 0.15) is 26.3 Å². The van der Waals surface area contributed by atoms with Crippen LogP contribution < -0.4 is 16.4 Å². The smallest absolute Gasteiger partial charge is 0.300 e. The van der Waals surface area contributed by atoms with E-state index >= 15 is 0 Å². The van der Waals surface area contributed by atoms with E-state index in [1.165, 1.54) is 10.9 Å². The molecule has 0 aliphatic rings. The van der Waals surface area contributed by atoms with Crippen molar-refractivity contribution in [3.8, 4) is 11.1 Å². The number of aromatic amines is 2. The van der Waals surface area contributed by atoms with Gasteiger partial charge in [0, 0.05) is 73.8 Å². The highest BCUT2D eigenvalue weighted by atomic mass is 16.4. The molecule has 0 saturated carbocycles. The fourth-order valence-electron chi connectivity index (χ4n) is 3.75. The number of nitrogens with one attached hydrogen (secondary N) is 4. The van der Waals surface area contributed by atoms with Gasteiger partial charge in [-0.2, -0.15) is 10.1 Å². The molecule has 0 saturated heterocycles. The van der Waals surface area contributed by atoms with Gasteiger partial charge in [0.2, 0.25) is 5.95 Å². The highest BCUT2D eigenvalue weighted by molar-refractivity contribution is 5.99. The fraction of sp³-hybridized carbons (Fsp3) is 0.172. The van der Waals surface area contributed by atoms with E-state index in [1.54, 1.807) is 12.3 Å². The van der Waals surface area contributed by atoms with Gasteiger partial charge >= 0.3 is 0 Å². The number of benzene rings is 2. The number of carbonyl (C=O) groups is 3. The summed E-state index contributed by atoms with van der Waals surface area (Å²) in [6.07, 6.45) is 7.36. The molecule has 5 rings (SSSR count). The van der Waals surface area contributed by atoms with Crippen LogP contribution in [0.4, 0.5) is 17.5 Å². The molecule has 0 spiro atoms. The predicted molar refractivity (Wildman–Crippen MR) is 165 cm³/mol. The number of carboxylic acid groups (broad SMARTS) is 3. The summed E-state index contributed by atoms with van der Waals surface area (Å²) in [5.74, 6) is -1.64. The summed E-state index contributed by atoms with van der Waals surface area (Å²) in [5, 5.41) is 38.5. The van der Waals surface area contributed by atoms with Crippen molar-refractivity contribution < 1.29 is 29.7 Å². The number of aliphatic carboxylic acids is 3. The van der Waals surface area contributed by atoms with E-state index in [0.29, 0.717) is 5.82 Å². The van der Waals surface area contributed by atoms with Crippen molar-refractivity contribution in [1.29, 1.82) is 0 Å². The lowest BCUT2D eigenvalue weighted by molar-refractivity contribution is -0.135. The molecule has 0 unspecified atom stereocenters. The highest BCUT2D eigenvalue weighted by Crippen LogP contribution is 2.34. The SMILES string of the molecule is C=CCNCc1c[nH]c2ccc(-c3cc(Nc4ccnc(N)n4)cc4cn[nH]c34)cc12.CC(=O)O.CC(=O)O.CC(=O)O. The van der Waals surface area contributed by atoms with Crippen molar-refractivity contribution in [3.63, 3.8) is 0 Å². The van der Waals surface area contributed by atoms with E-state index < -0.39 is 17.9 Å². The van der Waals surface area contributed by atoms with Gasteiger partial charge in [-0.3, -0.25) is 19.5 Å². The number of anilines is 3. The van der Waals surface area contributed by atoms with Gasteiger partial charge in [0.1, 0.15) is 5.82 Å². The molecule has 9 N–H and O–H groups in total. The minimum Gasteiger partial charge on any atom is -0.481 e. The van der Waals surface area contributed by atoms with Crippen LogP contribution in [-0.4, -0.2) is 64.9 Å². The number of H-pyrrole nitrogens is 2. The van der Waals surface area contributed by atoms with Crippen LogP contribution in [0.3, 0.4) is 0 Å². The van der Waals surface area contributed by atoms with Crippen LogP contribution in [0.25, 0.3) is 32.9 Å². The third-order valence-corrected chi connectivity index (χ3v) is 5.18. The topological polar surface area (TPSA) is 232 Å². The third kappa shape index (κ3) is 11.3. The largest absolute Gasteiger partial charge is 0.481 e. The summed E-state index contributed by atoms with van der Waals surface area (Å²) in [4.78, 5) is 38.5. The van der Waals surface area contributed by atoms with Crippen LogP contribution in [-0.2, 0) is 20.9 Å². The maximum Gasteiger partial charge on any atom is 0.300 e. The summed E-state index contributed by atoms with van der Waals surface area (Å²) < 4.78 is 0. The van der Waals surface area contributed by atoms with E-state index in [0.717, 1.165) is 67.1 Å². The lowest BCUT2D eigenvalue weighted by Crippen LogP contribution is -2.12. The number of nitrogens with two attached hydrogens (primary N) is 1. The number of nitrogen functional groups attached to an aromatic ring is 1. The standard InChI is InChI=1S/C23H22N8.3C2H4O2/c1-2-6-25-11-16-12-27-20-4-3-14(9-18(16)20)19-10-17(8-15-13-28-31-22(15)19)29-21-5-7-26-23(24)30-21;3*1-2(3)4/h2-5,7-10,12-13,25,27H,1,6,11H2,(H,28,31)(H3,24,26,29,30);3*1H3,(H,3,4). The number of aromatic nitrogens is 5. The number of hydrogen-bond donors (Lipinski definition) is 8. The van der Waals surface area contributed by atoms with Crippen LogP contribution in [0.2, 0.25) is 0 Å². The number of rotatable bonds is 7. The molecule has 3 aromatic heterocycles. The first-order valence-electron chi connectivity index (χ1n) is 12.7. The second-order valence-corrected chi connectivity index (χ2v) is 8.83. The first-order chi connectivity index (χ1) is 20.4. The molecule has 0 aliphatic heterocycles. The van der Waals surface area contributed by atoms with Crippen LogP contribution in [0.15, 0.2) is 67.6 Å². The molecule has 43 heavy (non-hydrogen) atoms. The van der Waals surface area contributed by atoms with E-state index in [-0.39, 0.29) is 5.95 Å². The Bertz CT molecular complexity index is 1650. The van der Waals surface area contributed by atoms with Gasteiger partial charge in [0.15, 0.2) is 0 Å². The molecule has 3 heterocycles. The van der Waals surface area contributed by atoms with Crippen molar-refractivity contribution in [3.05, 3.63) is 73.2 Å². The van der Waals surface area contributed by atoms with Gasteiger partial charge in [0.25, 0.3) is 17.9 Å². The summed E-state index contributed by atoms with van der Waals surface area (Å²) in [7, 11) is 0. The zero-order chi connectivity index (χ0) is 31.9. The Morgan fingerprint density at radius 3 is 2.33 bits per heavy atom. The zero-order valence-corrected chi connectivity index (χ0v) is 23.9. The van der Waals surface area contributed by atoms with E-state index in [4.69, 9.17) is 35.4 Å². The van der Waals surface area contributed by atoms with Gasteiger partial charge < -0.3 is 36.7 Å². The molecule has 226 valence electrons. The lowest BCUT2D eigenvalue weighted by atomic mass is 9.99. The van der Waals surface area contributed by atoms with Crippen LogP contribution in [0.5, 0.6) is 0 Å². The summed E-state index contributed by atoms with van der Waals surface area (Å²) in [6, 6.07) is 12.3. The number of hydrogen-bond acceptors (Lipinski definition) is 9. The number of carboxylic acids is 3. The average Bonchev–Trinajstić information content (AvgIpc) is 3.54. The molecule has 0 fully saturated rings. The fourth-order valence-corrected chi connectivity index (χ4v) is 3.75. The van der Waals surface area contributed by atoms with Gasteiger partial charge in [-0.1, -0.05) is 12.1 Å². The first-order valence-corrected chi connectivity index (χ1v) is 12.7. The van der Waals surface area contributed by atoms with Crippen molar-refractivity contribution in [2.75, 3.05) is 17.6 Å². The zero-order valence-electron chi connectivity index (χ0n) is 23.9. The summed E-state index contributed by atoms with van der Waals surface area (Å²) >= 11 is 0. The van der Waals surface area contributed by atoms with Crippen LogP contribution in [0, 0.1) is 0 Å².